The number of carbonyl (C=O) groups excluding carboxylic acids is 1. The molecule has 1 aliphatic heterocycles. The molecule has 20 heavy (non-hydrogen) atoms. The first-order valence-electron chi connectivity index (χ1n) is 6.83. The van der Waals surface area contributed by atoms with Crippen LogP contribution < -0.4 is 0 Å². The zero-order chi connectivity index (χ0) is 14.4. The summed E-state index contributed by atoms with van der Waals surface area (Å²) in [5, 5.41) is 0. The Morgan fingerprint density at radius 1 is 1.50 bits per heavy atom. The Labute approximate surface area is 118 Å². The molecule has 0 amide bonds. The zero-order valence-corrected chi connectivity index (χ0v) is 11.7. The maximum Gasteiger partial charge on any atom is 0.308 e. The standard InChI is InChI=1S/C15H20FNO3/c1-19-15(18)10-13-11-17(8-9-20-13)7-6-12-4-2-3-5-14(12)16/h2-5,13H,6-11H2,1H3/t13-/m0/s1. The smallest absolute Gasteiger partial charge is 0.308 e. The molecule has 1 atom stereocenters. The topological polar surface area (TPSA) is 38.8 Å². The summed E-state index contributed by atoms with van der Waals surface area (Å²) in [6.45, 7) is 2.86. The Balaban J connectivity index is 1.81. The molecule has 1 heterocycles. The number of hydrogen-bond acceptors (Lipinski definition) is 4. The van der Waals surface area contributed by atoms with Crippen LogP contribution in [-0.4, -0.2) is 50.3 Å². The van der Waals surface area contributed by atoms with E-state index in [-0.39, 0.29) is 24.3 Å². The number of morpholine rings is 1. The van der Waals surface area contributed by atoms with Gasteiger partial charge in [0.25, 0.3) is 0 Å². The lowest BCUT2D eigenvalue weighted by molar-refractivity contribution is -0.145. The van der Waals surface area contributed by atoms with E-state index in [1.807, 2.05) is 12.1 Å². The molecule has 0 unspecified atom stereocenters. The van der Waals surface area contributed by atoms with Crippen molar-refractivity contribution in [2.45, 2.75) is 18.9 Å². The average Bonchev–Trinajstić information content (AvgIpc) is 2.47. The predicted octanol–water partition coefficient (Wildman–Crippen LogP) is 1.63. The summed E-state index contributed by atoms with van der Waals surface area (Å²) in [5.74, 6) is -0.419. The van der Waals surface area contributed by atoms with Crippen molar-refractivity contribution in [3.8, 4) is 0 Å². The number of nitrogens with zero attached hydrogens (tertiary/aromatic N) is 1. The molecule has 4 nitrogen and oxygen atoms in total. The van der Waals surface area contributed by atoms with Gasteiger partial charge in [-0.25, -0.2) is 4.39 Å². The number of halogens is 1. The molecular formula is C15H20FNO3. The quantitative estimate of drug-likeness (QED) is 0.769. The molecule has 2 rings (SSSR count). The second-order valence-electron chi connectivity index (χ2n) is 4.92. The van der Waals surface area contributed by atoms with E-state index in [0.29, 0.717) is 19.6 Å². The van der Waals surface area contributed by atoms with Gasteiger partial charge in [-0.3, -0.25) is 9.69 Å². The number of benzene rings is 1. The highest BCUT2D eigenvalue weighted by atomic mass is 19.1. The highest BCUT2D eigenvalue weighted by Gasteiger charge is 2.23. The lowest BCUT2D eigenvalue weighted by atomic mass is 10.1. The van der Waals surface area contributed by atoms with E-state index in [0.717, 1.165) is 18.7 Å². The van der Waals surface area contributed by atoms with E-state index in [9.17, 15) is 9.18 Å². The predicted molar refractivity (Wildman–Crippen MR) is 72.9 cm³/mol. The van der Waals surface area contributed by atoms with Crippen LogP contribution >= 0.6 is 0 Å². The molecule has 1 saturated heterocycles. The van der Waals surface area contributed by atoms with Crippen molar-refractivity contribution in [1.82, 2.24) is 4.90 Å². The molecule has 1 fully saturated rings. The van der Waals surface area contributed by atoms with Gasteiger partial charge in [0.05, 0.1) is 26.2 Å². The SMILES string of the molecule is COC(=O)C[C@H]1CN(CCc2ccccc2F)CCO1. The Morgan fingerprint density at radius 3 is 3.05 bits per heavy atom. The molecule has 0 spiro atoms. The molecule has 1 aromatic carbocycles. The summed E-state index contributed by atoms with van der Waals surface area (Å²) in [6.07, 6.45) is 0.807. The molecule has 0 aromatic heterocycles. The number of rotatable bonds is 5. The van der Waals surface area contributed by atoms with Crippen molar-refractivity contribution in [3.63, 3.8) is 0 Å². The summed E-state index contributed by atoms with van der Waals surface area (Å²) in [4.78, 5) is 13.4. The maximum absolute atomic E-state index is 13.5. The Kier molecular flexibility index (Phi) is 5.49. The molecule has 0 saturated carbocycles. The van der Waals surface area contributed by atoms with Crippen LogP contribution in [0, 0.1) is 5.82 Å². The Bertz CT molecular complexity index is 452. The van der Waals surface area contributed by atoms with Gasteiger partial charge in [-0.2, -0.15) is 0 Å². The second kappa shape index (κ2) is 7.36. The molecule has 0 N–H and O–H groups in total. The lowest BCUT2D eigenvalue weighted by Gasteiger charge is -2.32. The summed E-state index contributed by atoms with van der Waals surface area (Å²) in [5.41, 5.74) is 0.725. The van der Waals surface area contributed by atoms with Crippen LogP contribution in [0.15, 0.2) is 24.3 Å². The molecular weight excluding hydrogens is 261 g/mol. The fourth-order valence-corrected chi connectivity index (χ4v) is 2.36. The second-order valence-corrected chi connectivity index (χ2v) is 4.92. The van der Waals surface area contributed by atoms with Crippen molar-refractivity contribution in [3.05, 3.63) is 35.6 Å². The van der Waals surface area contributed by atoms with Crippen LogP contribution in [-0.2, 0) is 20.7 Å². The van der Waals surface area contributed by atoms with Crippen LogP contribution in [0.5, 0.6) is 0 Å². The van der Waals surface area contributed by atoms with Gasteiger partial charge in [-0.15, -0.1) is 0 Å². The first kappa shape index (κ1) is 14.9. The van der Waals surface area contributed by atoms with E-state index in [1.54, 1.807) is 6.07 Å². The normalized spacial score (nSPS) is 19.8. The van der Waals surface area contributed by atoms with Gasteiger partial charge in [-0.1, -0.05) is 18.2 Å². The fourth-order valence-electron chi connectivity index (χ4n) is 2.36. The fraction of sp³-hybridized carbons (Fsp3) is 0.533. The summed E-state index contributed by atoms with van der Waals surface area (Å²) in [6, 6.07) is 6.83. The van der Waals surface area contributed by atoms with Crippen molar-refractivity contribution in [2.75, 3.05) is 33.4 Å². The van der Waals surface area contributed by atoms with Gasteiger partial charge in [-0.05, 0) is 18.1 Å². The minimum atomic E-state index is -0.258. The highest BCUT2D eigenvalue weighted by molar-refractivity contribution is 5.69. The van der Waals surface area contributed by atoms with E-state index in [2.05, 4.69) is 9.64 Å². The van der Waals surface area contributed by atoms with Gasteiger partial charge >= 0.3 is 5.97 Å². The lowest BCUT2D eigenvalue weighted by Crippen LogP contribution is -2.44. The molecule has 1 aliphatic rings. The van der Waals surface area contributed by atoms with Gasteiger partial charge in [0.1, 0.15) is 5.82 Å². The molecule has 5 heteroatoms. The van der Waals surface area contributed by atoms with Crippen LogP contribution in [0.1, 0.15) is 12.0 Å². The Morgan fingerprint density at radius 2 is 2.30 bits per heavy atom. The molecule has 0 aliphatic carbocycles. The minimum absolute atomic E-state index is 0.128. The summed E-state index contributed by atoms with van der Waals surface area (Å²) >= 11 is 0. The van der Waals surface area contributed by atoms with Crippen LogP contribution in [0.2, 0.25) is 0 Å². The van der Waals surface area contributed by atoms with E-state index in [4.69, 9.17) is 4.74 Å². The summed E-state index contributed by atoms with van der Waals surface area (Å²) < 4.78 is 23.7. The van der Waals surface area contributed by atoms with Gasteiger partial charge in [0.15, 0.2) is 0 Å². The van der Waals surface area contributed by atoms with Gasteiger partial charge < -0.3 is 9.47 Å². The monoisotopic (exact) mass is 281 g/mol. The van der Waals surface area contributed by atoms with Crippen molar-refractivity contribution >= 4 is 5.97 Å². The molecule has 0 bridgehead atoms. The first-order valence-corrected chi connectivity index (χ1v) is 6.83. The van der Waals surface area contributed by atoms with Crippen LogP contribution in [0.25, 0.3) is 0 Å². The van der Waals surface area contributed by atoms with Crippen molar-refractivity contribution in [1.29, 1.82) is 0 Å². The molecule has 110 valence electrons. The molecule has 0 radical (unpaired) electrons. The van der Waals surface area contributed by atoms with E-state index >= 15 is 0 Å². The maximum atomic E-state index is 13.5. The third-order valence-corrected chi connectivity index (χ3v) is 3.50. The minimum Gasteiger partial charge on any atom is -0.469 e. The van der Waals surface area contributed by atoms with Gasteiger partial charge in [0, 0.05) is 19.6 Å². The number of methoxy groups -OCH3 is 1. The number of esters is 1. The summed E-state index contributed by atoms with van der Waals surface area (Å²) in [7, 11) is 1.38. The third-order valence-electron chi connectivity index (χ3n) is 3.50. The Hall–Kier alpha value is -1.46. The van der Waals surface area contributed by atoms with E-state index < -0.39 is 0 Å². The van der Waals surface area contributed by atoms with Crippen LogP contribution in [0.4, 0.5) is 4.39 Å². The first-order chi connectivity index (χ1) is 9.69. The number of hydrogen-bond donors (Lipinski definition) is 0. The van der Waals surface area contributed by atoms with Crippen molar-refractivity contribution < 1.29 is 18.7 Å². The highest BCUT2D eigenvalue weighted by Crippen LogP contribution is 2.12. The number of ether oxygens (including phenoxy) is 2. The zero-order valence-electron chi connectivity index (χ0n) is 11.7. The van der Waals surface area contributed by atoms with Crippen LogP contribution in [0.3, 0.4) is 0 Å². The third kappa shape index (κ3) is 4.28. The van der Waals surface area contributed by atoms with Crippen molar-refractivity contribution in [2.24, 2.45) is 0 Å². The largest absolute Gasteiger partial charge is 0.469 e. The average molecular weight is 281 g/mol. The van der Waals surface area contributed by atoms with Gasteiger partial charge in [0.2, 0.25) is 0 Å². The molecule has 1 aromatic rings. The number of carbonyl (C=O) groups is 1. The van der Waals surface area contributed by atoms with E-state index in [1.165, 1.54) is 13.2 Å².